The van der Waals surface area contributed by atoms with Gasteiger partial charge in [-0.05, 0) is 24.3 Å². The van der Waals surface area contributed by atoms with Crippen molar-refractivity contribution in [2.75, 3.05) is 0 Å². The number of fused-ring (bicyclic) bond motifs is 1. The molecule has 0 spiro atoms. The summed E-state index contributed by atoms with van der Waals surface area (Å²) >= 11 is 9.46. The number of aromatic nitrogens is 1. The van der Waals surface area contributed by atoms with E-state index >= 15 is 0 Å². The van der Waals surface area contributed by atoms with Gasteiger partial charge in [0.2, 0.25) is 5.89 Å². The van der Waals surface area contributed by atoms with Crippen LogP contribution in [0.2, 0.25) is 5.02 Å². The molecular formula is C13H6BrClN2O3. The number of benzene rings is 2. The molecule has 0 amide bonds. The van der Waals surface area contributed by atoms with Gasteiger partial charge in [0.1, 0.15) is 5.52 Å². The third-order valence-corrected chi connectivity index (χ3v) is 3.56. The van der Waals surface area contributed by atoms with Crippen LogP contribution in [0.5, 0.6) is 0 Å². The highest BCUT2D eigenvalue weighted by Gasteiger charge is 2.15. The van der Waals surface area contributed by atoms with Gasteiger partial charge in [0.05, 0.1) is 21.6 Å². The van der Waals surface area contributed by atoms with Gasteiger partial charge in [0.25, 0.3) is 5.69 Å². The summed E-state index contributed by atoms with van der Waals surface area (Å²) in [4.78, 5) is 14.5. The summed E-state index contributed by atoms with van der Waals surface area (Å²) in [7, 11) is 0. The number of nitrogens with zero attached hydrogens (tertiary/aromatic N) is 2. The van der Waals surface area contributed by atoms with Crippen LogP contribution in [-0.4, -0.2) is 9.91 Å². The summed E-state index contributed by atoms with van der Waals surface area (Å²) < 4.78 is 6.40. The summed E-state index contributed by atoms with van der Waals surface area (Å²) in [5.41, 5.74) is 1.48. The molecule has 0 fully saturated rings. The smallest absolute Gasteiger partial charge is 0.273 e. The molecule has 7 heteroatoms. The number of oxazole rings is 1. The molecule has 5 nitrogen and oxygen atoms in total. The Balaban J connectivity index is 2.17. The molecule has 0 atom stereocenters. The van der Waals surface area contributed by atoms with E-state index in [2.05, 4.69) is 20.9 Å². The third-order valence-electron chi connectivity index (χ3n) is 2.74. The number of hydrogen-bond acceptors (Lipinski definition) is 4. The van der Waals surface area contributed by atoms with E-state index in [0.717, 1.165) is 4.47 Å². The normalized spacial score (nSPS) is 10.9. The summed E-state index contributed by atoms with van der Waals surface area (Å²) in [6.45, 7) is 0. The Bertz CT molecular complexity index is 832. The predicted molar refractivity (Wildman–Crippen MR) is 78.8 cm³/mol. The lowest BCUT2D eigenvalue weighted by Crippen LogP contribution is -1.86. The van der Waals surface area contributed by atoms with Crippen molar-refractivity contribution in [3.8, 4) is 11.5 Å². The molecule has 0 unspecified atom stereocenters. The highest BCUT2D eigenvalue weighted by molar-refractivity contribution is 9.10. The highest BCUT2D eigenvalue weighted by atomic mass is 79.9. The first-order valence-corrected chi connectivity index (χ1v) is 6.72. The van der Waals surface area contributed by atoms with Crippen LogP contribution in [-0.2, 0) is 0 Å². The van der Waals surface area contributed by atoms with Crippen LogP contribution in [0.15, 0.2) is 45.3 Å². The van der Waals surface area contributed by atoms with Gasteiger partial charge in [0.15, 0.2) is 5.58 Å². The van der Waals surface area contributed by atoms with Crippen LogP contribution < -0.4 is 0 Å². The van der Waals surface area contributed by atoms with Gasteiger partial charge < -0.3 is 4.42 Å². The first-order valence-electron chi connectivity index (χ1n) is 5.55. The molecule has 20 heavy (non-hydrogen) atoms. The van der Waals surface area contributed by atoms with Gasteiger partial charge in [-0.3, -0.25) is 10.1 Å². The monoisotopic (exact) mass is 352 g/mol. The van der Waals surface area contributed by atoms with Gasteiger partial charge >= 0.3 is 0 Å². The molecular weight excluding hydrogens is 348 g/mol. The standard InChI is InChI=1S/C13H6BrClN2O3/c14-7-1-3-10(15)9(5-7)13-16-11-4-2-8(17(18)19)6-12(11)20-13/h1-6H. The Hall–Kier alpha value is -1.92. The van der Waals surface area contributed by atoms with E-state index in [-0.39, 0.29) is 5.69 Å². The maximum atomic E-state index is 10.7. The quantitative estimate of drug-likeness (QED) is 0.489. The first-order chi connectivity index (χ1) is 9.54. The lowest BCUT2D eigenvalue weighted by atomic mass is 10.2. The van der Waals surface area contributed by atoms with E-state index in [1.54, 1.807) is 24.3 Å². The summed E-state index contributed by atoms with van der Waals surface area (Å²) in [6, 6.07) is 9.58. The molecule has 2 aromatic carbocycles. The average Bonchev–Trinajstić information content (AvgIpc) is 2.83. The average molecular weight is 354 g/mol. The van der Waals surface area contributed by atoms with Gasteiger partial charge in [-0.1, -0.05) is 27.5 Å². The fourth-order valence-corrected chi connectivity index (χ4v) is 2.36. The second kappa shape index (κ2) is 4.88. The molecule has 100 valence electrons. The lowest BCUT2D eigenvalue weighted by molar-refractivity contribution is -0.384. The van der Waals surface area contributed by atoms with E-state index < -0.39 is 4.92 Å². The number of rotatable bonds is 2. The van der Waals surface area contributed by atoms with Crippen molar-refractivity contribution in [3.05, 3.63) is 56.0 Å². The second-order valence-corrected chi connectivity index (χ2v) is 5.38. The fraction of sp³-hybridized carbons (Fsp3) is 0. The van der Waals surface area contributed by atoms with Crippen molar-refractivity contribution in [3.63, 3.8) is 0 Å². The molecule has 0 saturated carbocycles. The first kappa shape index (κ1) is 13.1. The molecule has 3 rings (SSSR count). The van der Waals surface area contributed by atoms with Crippen LogP contribution in [0.25, 0.3) is 22.6 Å². The van der Waals surface area contributed by atoms with Crippen molar-refractivity contribution < 1.29 is 9.34 Å². The van der Waals surface area contributed by atoms with Gasteiger partial charge in [-0.25, -0.2) is 4.98 Å². The number of nitro groups is 1. The molecule has 0 saturated heterocycles. The topological polar surface area (TPSA) is 69.2 Å². The van der Waals surface area contributed by atoms with E-state index in [4.69, 9.17) is 16.0 Å². The van der Waals surface area contributed by atoms with Crippen molar-refractivity contribution in [1.29, 1.82) is 0 Å². The van der Waals surface area contributed by atoms with Crippen molar-refractivity contribution in [2.45, 2.75) is 0 Å². The molecule has 0 N–H and O–H groups in total. The lowest BCUT2D eigenvalue weighted by Gasteiger charge is -1.99. The zero-order chi connectivity index (χ0) is 14.3. The predicted octanol–water partition coefficient (Wildman–Crippen LogP) is 4.82. The summed E-state index contributed by atoms with van der Waals surface area (Å²) in [5.74, 6) is 0.326. The van der Waals surface area contributed by atoms with E-state index in [1.807, 2.05) is 0 Å². The zero-order valence-electron chi connectivity index (χ0n) is 9.84. The minimum Gasteiger partial charge on any atom is -0.436 e. The molecule has 1 heterocycles. The number of non-ortho nitro benzene ring substituents is 1. The molecule has 0 bridgehead atoms. The minimum absolute atomic E-state index is 0.0412. The summed E-state index contributed by atoms with van der Waals surface area (Å²) in [6.07, 6.45) is 0. The molecule has 0 radical (unpaired) electrons. The van der Waals surface area contributed by atoms with Crippen LogP contribution in [0.1, 0.15) is 0 Å². The second-order valence-electron chi connectivity index (χ2n) is 4.05. The molecule has 0 aliphatic carbocycles. The molecule has 0 aliphatic heterocycles. The third kappa shape index (κ3) is 2.28. The van der Waals surface area contributed by atoms with E-state index in [0.29, 0.717) is 27.6 Å². The van der Waals surface area contributed by atoms with Crippen molar-refractivity contribution in [1.82, 2.24) is 4.98 Å². The SMILES string of the molecule is O=[N+]([O-])c1ccc2nc(-c3cc(Br)ccc3Cl)oc2c1. The maximum Gasteiger partial charge on any atom is 0.273 e. The van der Waals surface area contributed by atoms with E-state index in [1.165, 1.54) is 12.1 Å². The number of hydrogen-bond donors (Lipinski definition) is 0. The summed E-state index contributed by atoms with van der Waals surface area (Å²) in [5, 5.41) is 11.2. The molecule has 1 aromatic heterocycles. The van der Waals surface area contributed by atoms with Crippen molar-refractivity contribution >= 4 is 44.3 Å². The van der Waals surface area contributed by atoms with Crippen molar-refractivity contribution in [2.24, 2.45) is 0 Å². The number of nitro benzene ring substituents is 1. The Morgan fingerprint density at radius 2 is 2.05 bits per heavy atom. The maximum absolute atomic E-state index is 10.7. The van der Waals surface area contributed by atoms with E-state index in [9.17, 15) is 10.1 Å². The zero-order valence-corrected chi connectivity index (χ0v) is 12.2. The van der Waals surface area contributed by atoms with Crippen LogP contribution in [0.4, 0.5) is 5.69 Å². The van der Waals surface area contributed by atoms with Crippen LogP contribution >= 0.6 is 27.5 Å². The Kier molecular flexibility index (Phi) is 3.19. The van der Waals surface area contributed by atoms with Gasteiger partial charge in [0, 0.05) is 10.5 Å². The fourth-order valence-electron chi connectivity index (χ4n) is 1.80. The van der Waals surface area contributed by atoms with Crippen LogP contribution in [0.3, 0.4) is 0 Å². The van der Waals surface area contributed by atoms with Crippen LogP contribution in [0, 0.1) is 10.1 Å². The highest BCUT2D eigenvalue weighted by Crippen LogP contribution is 2.33. The van der Waals surface area contributed by atoms with Gasteiger partial charge in [-0.2, -0.15) is 0 Å². The van der Waals surface area contributed by atoms with Gasteiger partial charge in [-0.15, -0.1) is 0 Å². The molecule has 3 aromatic rings. The minimum atomic E-state index is -0.478. The Morgan fingerprint density at radius 1 is 1.25 bits per heavy atom. The largest absolute Gasteiger partial charge is 0.436 e. The molecule has 0 aliphatic rings. The Morgan fingerprint density at radius 3 is 2.80 bits per heavy atom. The Labute approximate surface area is 126 Å². The number of halogens is 2.